The lowest BCUT2D eigenvalue weighted by Crippen LogP contribution is -2.42. The fourth-order valence-corrected chi connectivity index (χ4v) is 4.40. The Hall–Kier alpha value is 0.390. The number of sulfonamides is 1. The average molecular weight is 284 g/mol. The van der Waals surface area contributed by atoms with Crippen molar-refractivity contribution in [3.8, 4) is 0 Å². The van der Waals surface area contributed by atoms with Gasteiger partial charge in [0.2, 0.25) is 10.0 Å². The summed E-state index contributed by atoms with van der Waals surface area (Å²) in [6.45, 7) is 5.20. The first-order valence-corrected chi connectivity index (χ1v) is 7.56. The van der Waals surface area contributed by atoms with E-state index in [4.69, 9.17) is 0 Å². The number of hydrogen-bond acceptors (Lipinski definition) is 2. The molecule has 1 heterocycles. The van der Waals surface area contributed by atoms with Crippen LogP contribution >= 0.6 is 15.9 Å². The maximum atomic E-state index is 11.8. The zero-order valence-corrected chi connectivity index (χ0v) is 11.1. The second kappa shape index (κ2) is 4.94. The zero-order chi connectivity index (χ0) is 10.8. The first-order valence-electron chi connectivity index (χ1n) is 5.03. The van der Waals surface area contributed by atoms with Gasteiger partial charge >= 0.3 is 0 Å². The topological polar surface area (TPSA) is 37.4 Å². The van der Waals surface area contributed by atoms with Crippen LogP contribution in [0.25, 0.3) is 0 Å². The van der Waals surface area contributed by atoms with Crippen LogP contribution < -0.4 is 0 Å². The zero-order valence-electron chi connectivity index (χ0n) is 8.74. The molecule has 0 radical (unpaired) electrons. The molecule has 0 saturated carbocycles. The molecule has 3 nitrogen and oxygen atoms in total. The lowest BCUT2D eigenvalue weighted by molar-refractivity contribution is 0.353. The highest BCUT2D eigenvalue weighted by Gasteiger charge is 2.27. The molecule has 0 aromatic rings. The molecule has 0 aromatic heterocycles. The van der Waals surface area contributed by atoms with Gasteiger partial charge in [-0.05, 0) is 18.8 Å². The minimum atomic E-state index is -3.01. The fraction of sp³-hybridized carbons (Fsp3) is 1.00. The summed E-state index contributed by atoms with van der Waals surface area (Å²) in [6.07, 6.45) is 2.04. The summed E-state index contributed by atoms with van der Waals surface area (Å²) < 4.78 is 25.3. The van der Waals surface area contributed by atoms with E-state index in [-0.39, 0.29) is 11.7 Å². The summed E-state index contributed by atoms with van der Waals surface area (Å²) in [6, 6.07) is 0. The molecule has 0 bridgehead atoms. The number of halogens is 1. The molecule has 14 heavy (non-hydrogen) atoms. The van der Waals surface area contributed by atoms with Gasteiger partial charge in [-0.25, -0.2) is 12.7 Å². The first-order chi connectivity index (χ1) is 6.42. The van der Waals surface area contributed by atoms with Crippen molar-refractivity contribution in [3.63, 3.8) is 0 Å². The smallest absolute Gasteiger partial charge is 0.212 e. The van der Waals surface area contributed by atoms with Gasteiger partial charge in [-0.2, -0.15) is 0 Å². The van der Waals surface area contributed by atoms with Crippen molar-refractivity contribution in [1.82, 2.24) is 4.31 Å². The van der Waals surface area contributed by atoms with Crippen molar-refractivity contribution in [2.24, 2.45) is 5.92 Å². The molecule has 1 unspecified atom stereocenters. The van der Waals surface area contributed by atoms with Crippen LogP contribution in [-0.4, -0.2) is 36.4 Å². The molecule has 1 fully saturated rings. The van der Waals surface area contributed by atoms with Crippen LogP contribution in [0.2, 0.25) is 0 Å². The van der Waals surface area contributed by atoms with Crippen LogP contribution in [0.5, 0.6) is 0 Å². The molecule has 1 aliphatic rings. The Morgan fingerprint density at radius 3 is 2.64 bits per heavy atom. The van der Waals surface area contributed by atoms with Gasteiger partial charge in [-0.15, -0.1) is 0 Å². The predicted octanol–water partition coefficient (Wildman–Crippen LogP) is 1.83. The van der Waals surface area contributed by atoms with Crippen molar-refractivity contribution in [2.45, 2.75) is 31.5 Å². The van der Waals surface area contributed by atoms with Crippen molar-refractivity contribution >= 4 is 26.0 Å². The monoisotopic (exact) mass is 283 g/mol. The molecule has 84 valence electrons. The van der Waals surface area contributed by atoms with Crippen molar-refractivity contribution < 1.29 is 8.42 Å². The first kappa shape index (κ1) is 12.5. The highest BCUT2D eigenvalue weighted by atomic mass is 79.9. The van der Waals surface area contributed by atoms with Gasteiger partial charge in [-0.1, -0.05) is 29.8 Å². The van der Waals surface area contributed by atoms with Gasteiger partial charge in [0.25, 0.3) is 0 Å². The Kier molecular flexibility index (Phi) is 4.40. The highest BCUT2D eigenvalue weighted by molar-refractivity contribution is 9.09. The summed E-state index contributed by atoms with van der Waals surface area (Å²) in [4.78, 5) is 0.332. The van der Waals surface area contributed by atoms with Crippen LogP contribution in [0.15, 0.2) is 0 Å². The summed E-state index contributed by atoms with van der Waals surface area (Å²) in [7, 11) is -3.01. The molecular weight excluding hydrogens is 266 g/mol. The maximum Gasteiger partial charge on any atom is 0.214 e. The Morgan fingerprint density at radius 1 is 1.50 bits per heavy atom. The van der Waals surface area contributed by atoms with E-state index in [0.717, 1.165) is 12.8 Å². The molecule has 0 spiro atoms. The molecule has 1 atom stereocenters. The van der Waals surface area contributed by atoms with Gasteiger partial charge in [0.15, 0.2) is 0 Å². The summed E-state index contributed by atoms with van der Waals surface area (Å²) in [5, 5.41) is 0. The summed E-state index contributed by atoms with van der Waals surface area (Å²) >= 11 is 3.48. The molecule has 0 aromatic carbocycles. The molecule has 1 saturated heterocycles. The third-order valence-electron chi connectivity index (χ3n) is 2.26. The summed E-state index contributed by atoms with van der Waals surface area (Å²) in [5.41, 5.74) is 0. The van der Waals surface area contributed by atoms with Crippen LogP contribution in [0.1, 0.15) is 26.7 Å². The third-order valence-corrected chi connectivity index (χ3v) is 5.22. The number of piperidine rings is 1. The second-order valence-electron chi connectivity index (χ2n) is 4.27. The highest BCUT2D eigenvalue weighted by Crippen LogP contribution is 2.20. The van der Waals surface area contributed by atoms with Crippen molar-refractivity contribution in [3.05, 3.63) is 0 Å². The van der Waals surface area contributed by atoms with E-state index in [0.29, 0.717) is 17.9 Å². The predicted molar refractivity (Wildman–Crippen MR) is 62.1 cm³/mol. The molecule has 1 rings (SSSR count). The minimum absolute atomic E-state index is 0.204. The van der Waals surface area contributed by atoms with E-state index in [9.17, 15) is 8.42 Å². The quantitative estimate of drug-likeness (QED) is 0.741. The van der Waals surface area contributed by atoms with Gasteiger partial charge in [0.05, 0.1) is 5.75 Å². The van der Waals surface area contributed by atoms with E-state index >= 15 is 0 Å². The largest absolute Gasteiger partial charge is 0.214 e. The van der Waals surface area contributed by atoms with Crippen LogP contribution in [0.3, 0.4) is 0 Å². The maximum absolute atomic E-state index is 11.8. The van der Waals surface area contributed by atoms with Crippen LogP contribution in [0.4, 0.5) is 0 Å². The van der Waals surface area contributed by atoms with E-state index < -0.39 is 10.0 Å². The Bertz CT molecular complexity index is 277. The molecular formula is C9H18BrNO2S. The number of rotatable bonds is 3. The van der Waals surface area contributed by atoms with Crippen LogP contribution in [0, 0.1) is 5.92 Å². The normalized spacial score (nSPS) is 25.6. The second-order valence-corrected chi connectivity index (χ2v) is 7.58. The van der Waals surface area contributed by atoms with Crippen molar-refractivity contribution in [1.29, 1.82) is 0 Å². The van der Waals surface area contributed by atoms with Gasteiger partial charge in [0, 0.05) is 17.9 Å². The molecule has 0 amide bonds. The van der Waals surface area contributed by atoms with Crippen LogP contribution in [-0.2, 0) is 10.0 Å². The fourth-order valence-electron chi connectivity index (χ4n) is 1.67. The Morgan fingerprint density at radius 2 is 2.14 bits per heavy atom. The van der Waals surface area contributed by atoms with Crippen molar-refractivity contribution in [2.75, 3.05) is 18.8 Å². The van der Waals surface area contributed by atoms with Gasteiger partial charge in [-0.3, -0.25) is 0 Å². The Balaban J connectivity index is 2.62. The number of alkyl halides is 1. The van der Waals surface area contributed by atoms with E-state index in [1.807, 2.05) is 13.8 Å². The van der Waals surface area contributed by atoms with E-state index in [1.54, 1.807) is 4.31 Å². The molecule has 5 heteroatoms. The number of hydrogen-bond donors (Lipinski definition) is 0. The molecule has 1 aliphatic heterocycles. The van der Waals surface area contributed by atoms with Gasteiger partial charge in [0.1, 0.15) is 0 Å². The minimum Gasteiger partial charge on any atom is -0.212 e. The summed E-state index contributed by atoms with van der Waals surface area (Å²) in [5.74, 6) is 0.475. The lowest BCUT2D eigenvalue weighted by Gasteiger charge is -2.29. The SMILES string of the molecule is CC(C)CS(=O)(=O)N1CCCC(Br)C1. The molecule has 0 aliphatic carbocycles. The third kappa shape index (κ3) is 3.51. The van der Waals surface area contributed by atoms with E-state index in [1.165, 1.54) is 0 Å². The van der Waals surface area contributed by atoms with E-state index in [2.05, 4.69) is 15.9 Å². The van der Waals surface area contributed by atoms with Gasteiger partial charge < -0.3 is 0 Å². The number of nitrogens with zero attached hydrogens (tertiary/aromatic N) is 1. The standard InChI is InChI=1S/C9H18BrNO2S/c1-8(2)7-14(12,13)11-5-3-4-9(10)6-11/h8-9H,3-7H2,1-2H3. The lowest BCUT2D eigenvalue weighted by atomic mass is 10.2. The average Bonchev–Trinajstić information content (AvgIpc) is 2.01. The molecule has 0 N–H and O–H groups in total. The Labute approximate surface area is 95.0 Å².